The number of benzene rings is 2. The Morgan fingerprint density at radius 2 is 2.09 bits per heavy atom. The molecule has 186 valence electrons. The zero-order valence-corrected chi connectivity index (χ0v) is 20.3. The standard InChI is InChI=1S/C21H24N5O7PS/c1-12(19(28)29)25-34(31,33-16-8-4-6-13-5-2-3-7-14(13)16)32-10-17-15(27)9-18(35-17)26-11-23-20(22)24-21(26)30/h2-8,11-12,15,17-18,27H,9-10H2,1H3,(H,25,31)(H,28,29)(H2,22,24,30)/t12-,15-,17+,18+,34?/m0/s1. The second kappa shape index (κ2) is 10.3. The highest BCUT2D eigenvalue weighted by atomic mass is 32.2. The van der Waals surface area contributed by atoms with Gasteiger partial charge in [-0.25, -0.2) is 14.3 Å². The smallest absolute Gasteiger partial charge is 0.459 e. The summed E-state index contributed by atoms with van der Waals surface area (Å²) in [6.07, 6.45) is 0.541. The SMILES string of the molecule is C[C@H](NP(=O)(OC[C@H]1S[C@@H](n2cnc(N)nc2=O)C[C@@H]1O)Oc1cccc2ccccc12)C(=O)O. The van der Waals surface area contributed by atoms with Crippen LogP contribution < -0.4 is 21.0 Å². The van der Waals surface area contributed by atoms with E-state index >= 15 is 0 Å². The van der Waals surface area contributed by atoms with Crippen molar-refractivity contribution in [2.45, 2.75) is 36.1 Å². The molecule has 3 aromatic rings. The molecule has 1 unspecified atom stereocenters. The van der Waals surface area contributed by atoms with Crippen LogP contribution >= 0.6 is 19.5 Å². The zero-order valence-electron chi connectivity index (χ0n) is 18.6. The van der Waals surface area contributed by atoms with Crippen molar-refractivity contribution in [2.75, 3.05) is 12.3 Å². The number of carbonyl (C=O) groups is 1. The summed E-state index contributed by atoms with van der Waals surface area (Å²) in [5.74, 6) is -1.15. The minimum Gasteiger partial charge on any atom is -0.480 e. The lowest BCUT2D eigenvalue weighted by Gasteiger charge is -2.24. The summed E-state index contributed by atoms with van der Waals surface area (Å²) in [5.41, 5.74) is 4.82. The fraction of sp³-hybridized carbons (Fsp3) is 0.333. The van der Waals surface area contributed by atoms with Crippen LogP contribution in [0, 0.1) is 0 Å². The van der Waals surface area contributed by atoms with Gasteiger partial charge in [-0.15, -0.1) is 11.8 Å². The zero-order chi connectivity index (χ0) is 25.2. The first-order chi connectivity index (χ1) is 16.6. The Morgan fingerprint density at radius 3 is 2.83 bits per heavy atom. The number of carboxylic acids is 1. The van der Waals surface area contributed by atoms with Crippen molar-refractivity contribution in [1.82, 2.24) is 19.6 Å². The topological polar surface area (TPSA) is 179 Å². The van der Waals surface area contributed by atoms with Crippen LogP contribution in [0.15, 0.2) is 53.6 Å². The van der Waals surface area contributed by atoms with Crippen LogP contribution in [0.4, 0.5) is 5.95 Å². The molecule has 0 bridgehead atoms. The number of hydrogen-bond acceptors (Lipinski definition) is 10. The fourth-order valence-corrected chi connectivity index (χ4v) is 6.61. The lowest BCUT2D eigenvalue weighted by molar-refractivity contribution is -0.138. The molecule has 2 aromatic carbocycles. The summed E-state index contributed by atoms with van der Waals surface area (Å²) in [6, 6.07) is 11.2. The number of carboxylic acid groups (broad SMARTS) is 1. The lowest BCUT2D eigenvalue weighted by Crippen LogP contribution is -2.34. The van der Waals surface area contributed by atoms with Gasteiger partial charge in [-0.1, -0.05) is 36.4 Å². The highest BCUT2D eigenvalue weighted by molar-refractivity contribution is 8.00. The molecule has 5 atom stereocenters. The van der Waals surface area contributed by atoms with E-state index in [1.807, 2.05) is 18.2 Å². The minimum absolute atomic E-state index is 0.153. The van der Waals surface area contributed by atoms with Crippen LogP contribution in [-0.2, 0) is 13.9 Å². The number of aliphatic hydroxyl groups is 1. The Labute approximate surface area is 204 Å². The van der Waals surface area contributed by atoms with E-state index in [1.54, 1.807) is 24.3 Å². The van der Waals surface area contributed by atoms with Crippen LogP contribution in [0.2, 0.25) is 0 Å². The summed E-state index contributed by atoms with van der Waals surface area (Å²) >= 11 is 1.21. The van der Waals surface area contributed by atoms with Crippen LogP contribution in [0.1, 0.15) is 18.7 Å². The second-order valence-corrected chi connectivity index (χ2v) is 11.0. The molecule has 0 aliphatic carbocycles. The van der Waals surface area contributed by atoms with Crippen molar-refractivity contribution in [3.8, 4) is 5.75 Å². The number of rotatable bonds is 9. The number of fused-ring (bicyclic) bond motifs is 1. The van der Waals surface area contributed by atoms with E-state index in [-0.39, 0.29) is 24.7 Å². The monoisotopic (exact) mass is 521 g/mol. The number of aliphatic hydroxyl groups excluding tert-OH is 1. The molecule has 5 N–H and O–H groups in total. The second-order valence-electron chi connectivity index (χ2n) is 7.89. The van der Waals surface area contributed by atoms with Gasteiger partial charge in [0.05, 0.1) is 23.3 Å². The lowest BCUT2D eigenvalue weighted by atomic mass is 10.1. The van der Waals surface area contributed by atoms with E-state index in [0.29, 0.717) is 5.39 Å². The number of anilines is 1. The third kappa shape index (κ3) is 5.82. The van der Waals surface area contributed by atoms with E-state index in [0.717, 1.165) is 5.39 Å². The average Bonchev–Trinajstić information content (AvgIpc) is 3.18. The third-order valence-corrected chi connectivity index (χ3v) is 8.52. The first-order valence-corrected chi connectivity index (χ1v) is 13.1. The molecule has 0 radical (unpaired) electrons. The number of nitrogens with two attached hydrogens (primary N) is 1. The summed E-state index contributed by atoms with van der Waals surface area (Å²) < 4.78 is 26.3. The molecule has 35 heavy (non-hydrogen) atoms. The van der Waals surface area contributed by atoms with Crippen molar-refractivity contribution in [1.29, 1.82) is 0 Å². The summed E-state index contributed by atoms with van der Waals surface area (Å²) in [5, 5.41) is 22.7. The molecule has 14 heteroatoms. The first kappa shape index (κ1) is 25.1. The van der Waals surface area contributed by atoms with E-state index in [4.69, 9.17) is 14.8 Å². The van der Waals surface area contributed by atoms with E-state index in [9.17, 15) is 24.4 Å². The van der Waals surface area contributed by atoms with Crippen LogP contribution in [0.5, 0.6) is 5.75 Å². The maximum absolute atomic E-state index is 13.6. The van der Waals surface area contributed by atoms with E-state index in [2.05, 4.69) is 15.1 Å². The van der Waals surface area contributed by atoms with Gasteiger partial charge in [0.25, 0.3) is 0 Å². The van der Waals surface area contributed by atoms with Crippen LogP contribution in [0.3, 0.4) is 0 Å². The molecule has 2 heterocycles. The van der Waals surface area contributed by atoms with E-state index in [1.165, 1.54) is 29.6 Å². The number of aromatic nitrogens is 3. The van der Waals surface area contributed by atoms with Crippen LogP contribution in [0.25, 0.3) is 10.8 Å². The number of nitrogens with zero attached hydrogens (tertiary/aromatic N) is 3. The van der Waals surface area contributed by atoms with Crippen LogP contribution in [-0.4, -0.2) is 54.7 Å². The molecule has 12 nitrogen and oxygen atoms in total. The van der Waals surface area contributed by atoms with Gasteiger partial charge in [-0.05, 0) is 18.4 Å². The summed E-state index contributed by atoms with van der Waals surface area (Å²) in [6.45, 7) is 1.07. The van der Waals surface area contributed by atoms with Crippen molar-refractivity contribution in [3.63, 3.8) is 0 Å². The molecule has 1 aromatic heterocycles. The largest absolute Gasteiger partial charge is 0.480 e. The molecular formula is C21H24N5O7PS. The van der Waals surface area contributed by atoms with Gasteiger partial charge < -0.3 is 20.5 Å². The van der Waals surface area contributed by atoms with Crippen molar-refractivity contribution < 1.29 is 28.6 Å². The predicted octanol–water partition coefficient (Wildman–Crippen LogP) is 2.01. The van der Waals surface area contributed by atoms with Crippen molar-refractivity contribution >= 4 is 42.2 Å². The van der Waals surface area contributed by atoms with Gasteiger partial charge >= 0.3 is 19.4 Å². The maximum atomic E-state index is 13.6. The molecule has 1 aliphatic rings. The molecule has 0 saturated carbocycles. The highest BCUT2D eigenvalue weighted by Gasteiger charge is 2.39. The number of nitrogens with one attached hydrogen (secondary N) is 1. The fourth-order valence-electron chi connectivity index (χ4n) is 3.55. The number of aliphatic carboxylic acids is 1. The van der Waals surface area contributed by atoms with Gasteiger partial charge in [0, 0.05) is 11.8 Å². The molecule has 1 fully saturated rings. The Balaban J connectivity index is 1.53. The molecule has 4 rings (SSSR count). The van der Waals surface area contributed by atoms with Gasteiger partial charge in [0.15, 0.2) is 0 Å². The molecule has 0 amide bonds. The van der Waals surface area contributed by atoms with Gasteiger partial charge in [0.1, 0.15) is 18.1 Å². The Bertz CT molecular complexity index is 1330. The number of hydrogen-bond donors (Lipinski definition) is 4. The predicted molar refractivity (Wildman–Crippen MR) is 130 cm³/mol. The Hall–Kier alpha value is -2.96. The van der Waals surface area contributed by atoms with Gasteiger partial charge in [-0.3, -0.25) is 13.9 Å². The van der Waals surface area contributed by atoms with Crippen molar-refractivity contribution in [3.05, 3.63) is 59.3 Å². The highest BCUT2D eigenvalue weighted by Crippen LogP contribution is 2.49. The summed E-state index contributed by atoms with van der Waals surface area (Å²) in [4.78, 5) is 31.0. The Morgan fingerprint density at radius 1 is 1.34 bits per heavy atom. The molecule has 0 spiro atoms. The third-order valence-electron chi connectivity index (χ3n) is 5.36. The van der Waals surface area contributed by atoms with Crippen molar-refractivity contribution in [2.24, 2.45) is 0 Å². The maximum Gasteiger partial charge on any atom is 0.459 e. The molecule has 1 aliphatic heterocycles. The quantitative estimate of drug-likeness (QED) is 0.301. The van der Waals surface area contributed by atoms with Gasteiger partial charge in [-0.2, -0.15) is 10.1 Å². The summed E-state index contributed by atoms with van der Waals surface area (Å²) in [7, 11) is -4.21. The normalized spacial score (nSPS) is 22.5. The Kier molecular flexibility index (Phi) is 7.43. The van der Waals surface area contributed by atoms with E-state index < -0.39 is 42.2 Å². The first-order valence-electron chi connectivity index (χ1n) is 10.6. The van der Waals surface area contributed by atoms with Gasteiger partial charge in [0.2, 0.25) is 5.95 Å². The number of thioether (sulfide) groups is 1. The number of nitrogen functional groups attached to an aromatic ring is 1. The average molecular weight is 521 g/mol. The molecule has 1 saturated heterocycles. The molecular weight excluding hydrogens is 497 g/mol. The minimum atomic E-state index is -4.21.